The van der Waals surface area contributed by atoms with Gasteiger partial charge in [0, 0.05) is 17.3 Å². The number of aromatic nitrogens is 2. The molecule has 0 bridgehead atoms. The monoisotopic (exact) mass is 282 g/mol. The molecule has 20 heavy (non-hydrogen) atoms. The van der Waals surface area contributed by atoms with Gasteiger partial charge in [0.25, 0.3) is 0 Å². The van der Waals surface area contributed by atoms with Crippen LogP contribution in [-0.2, 0) is 0 Å². The lowest BCUT2D eigenvalue weighted by Gasteiger charge is -2.13. The normalized spacial score (nSPS) is 13.4. The summed E-state index contributed by atoms with van der Waals surface area (Å²) in [6, 6.07) is 10.1. The minimum absolute atomic E-state index is 0.191. The molecular formula is C15H7ClN2O2. The van der Waals surface area contributed by atoms with Crippen molar-refractivity contribution in [3.8, 4) is 0 Å². The minimum Gasteiger partial charge on any atom is -0.295 e. The highest BCUT2D eigenvalue weighted by atomic mass is 35.5. The van der Waals surface area contributed by atoms with Crippen molar-refractivity contribution in [2.24, 2.45) is 0 Å². The van der Waals surface area contributed by atoms with E-state index >= 15 is 0 Å². The third kappa shape index (κ3) is 1.34. The summed E-state index contributed by atoms with van der Waals surface area (Å²) >= 11 is 5.96. The van der Waals surface area contributed by atoms with Gasteiger partial charge in [0.05, 0.1) is 5.02 Å². The minimum atomic E-state index is -0.227. The average Bonchev–Trinajstić information content (AvgIpc) is 2.84. The molecule has 0 aliphatic heterocycles. The van der Waals surface area contributed by atoms with Crippen LogP contribution in [-0.4, -0.2) is 21.0 Å². The van der Waals surface area contributed by atoms with Gasteiger partial charge in [-0.3, -0.25) is 14.0 Å². The number of nitrogens with zero attached hydrogens (tertiary/aromatic N) is 2. The Kier molecular flexibility index (Phi) is 2.15. The van der Waals surface area contributed by atoms with Gasteiger partial charge < -0.3 is 0 Å². The molecule has 1 aromatic carbocycles. The summed E-state index contributed by atoms with van der Waals surface area (Å²) in [4.78, 5) is 29.3. The molecule has 5 heteroatoms. The Morgan fingerprint density at radius 2 is 1.65 bits per heavy atom. The van der Waals surface area contributed by atoms with Crippen LogP contribution in [0.3, 0.4) is 0 Å². The predicted molar refractivity (Wildman–Crippen MR) is 73.5 cm³/mol. The second kappa shape index (κ2) is 3.77. The molecule has 0 radical (unpaired) electrons. The van der Waals surface area contributed by atoms with E-state index in [4.69, 9.17) is 11.6 Å². The van der Waals surface area contributed by atoms with Crippen LogP contribution in [0.2, 0.25) is 5.02 Å². The first-order chi connectivity index (χ1) is 9.66. The van der Waals surface area contributed by atoms with Crippen LogP contribution in [0.25, 0.3) is 5.65 Å². The number of imidazole rings is 1. The highest BCUT2D eigenvalue weighted by Crippen LogP contribution is 2.28. The van der Waals surface area contributed by atoms with Gasteiger partial charge >= 0.3 is 0 Å². The van der Waals surface area contributed by atoms with E-state index in [1.807, 2.05) is 0 Å². The highest BCUT2D eigenvalue weighted by Gasteiger charge is 2.33. The van der Waals surface area contributed by atoms with E-state index in [-0.39, 0.29) is 23.0 Å². The maximum Gasteiger partial charge on any atom is 0.214 e. The number of ketones is 2. The summed E-state index contributed by atoms with van der Waals surface area (Å²) in [5, 5.41) is 0.483. The Balaban J connectivity index is 2.12. The number of benzene rings is 1. The number of pyridine rings is 1. The second-order valence-corrected chi connectivity index (χ2v) is 5.02. The van der Waals surface area contributed by atoms with Crippen molar-refractivity contribution in [3.63, 3.8) is 0 Å². The van der Waals surface area contributed by atoms with E-state index in [0.29, 0.717) is 21.8 Å². The largest absolute Gasteiger partial charge is 0.295 e. The number of hydrogen-bond acceptors (Lipinski definition) is 3. The molecule has 1 aliphatic rings. The van der Waals surface area contributed by atoms with Crippen molar-refractivity contribution in [2.75, 3.05) is 0 Å². The number of halogens is 1. The van der Waals surface area contributed by atoms with Gasteiger partial charge in [0.15, 0.2) is 0 Å². The van der Waals surface area contributed by atoms with Crippen molar-refractivity contribution in [1.82, 2.24) is 9.38 Å². The zero-order valence-electron chi connectivity index (χ0n) is 10.1. The average molecular weight is 283 g/mol. The first-order valence-electron chi connectivity index (χ1n) is 6.03. The van der Waals surface area contributed by atoms with Gasteiger partial charge in [-0.15, -0.1) is 0 Å². The lowest BCUT2D eigenvalue weighted by Crippen LogP contribution is -2.21. The van der Waals surface area contributed by atoms with E-state index < -0.39 is 0 Å². The third-order valence-corrected chi connectivity index (χ3v) is 3.65. The summed E-state index contributed by atoms with van der Waals surface area (Å²) in [6.07, 6.45) is 1.60. The van der Waals surface area contributed by atoms with Gasteiger partial charge in [-0.1, -0.05) is 35.9 Å². The van der Waals surface area contributed by atoms with E-state index in [1.54, 1.807) is 47.0 Å². The molecule has 0 N–H and O–H groups in total. The molecule has 0 atom stereocenters. The van der Waals surface area contributed by atoms with E-state index in [2.05, 4.69) is 4.98 Å². The number of hydrogen-bond donors (Lipinski definition) is 0. The van der Waals surface area contributed by atoms with Gasteiger partial charge in [0.1, 0.15) is 17.0 Å². The van der Waals surface area contributed by atoms with Crippen LogP contribution in [0.15, 0.2) is 42.6 Å². The van der Waals surface area contributed by atoms with Crippen LogP contribution in [0.5, 0.6) is 0 Å². The number of rotatable bonds is 0. The number of carbonyl (C=O) groups excluding carboxylic acids is 2. The van der Waals surface area contributed by atoms with E-state index in [1.165, 1.54) is 0 Å². The summed E-state index contributed by atoms with van der Waals surface area (Å²) in [7, 11) is 0. The first kappa shape index (κ1) is 11.4. The number of fused-ring (bicyclic) bond motifs is 4. The Morgan fingerprint density at radius 1 is 0.950 bits per heavy atom. The summed E-state index contributed by atoms with van der Waals surface area (Å²) < 4.78 is 1.58. The second-order valence-electron chi connectivity index (χ2n) is 4.59. The molecule has 2 heterocycles. The molecule has 4 rings (SSSR count). The highest BCUT2D eigenvalue weighted by molar-refractivity contribution is 6.31. The Labute approximate surface area is 118 Å². The fraction of sp³-hybridized carbons (Fsp3) is 0. The SMILES string of the molecule is O=C1c2ccccc2C(=O)c2c1nc1ccc(Cl)cn21. The maximum absolute atomic E-state index is 12.6. The van der Waals surface area contributed by atoms with Crippen molar-refractivity contribution in [2.45, 2.75) is 0 Å². The van der Waals surface area contributed by atoms with Crippen molar-refractivity contribution in [3.05, 3.63) is 70.1 Å². The standard InChI is InChI=1S/C15H7ClN2O2/c16-8-5-6-11-17-12-13(18(11)7-8)15(20)10-4-2-1-3-9(10)14(12)19/h1-7H. The van der Waals surface area contributed by atoms with Crippen LogP contribution in [0.4, 0.5) is 0 Å². The van der Waals surface area contributed by atoms with Crippen LogP contribution >= 0.6 is 11.6 Å². The maximum atomic E-state index is 12.6. The fourth-order valence-electron chi connectivity index (χ4n) is 2.53. The van der Waals surface area contributed by atoms with Crippen LogP contribution in [0.1, 0.15) is 32.1 Å². The zero-order valence-corrected chi connectivity index (χ0v) is 10.9. The van der Waals surface area contributed by atoms with Gasteiger partial charge in [0.2, 0.25) is 11.6 Å². The predicted octanol–water partition coefficient (Wildman–Crippen LogP) is 2.76. The molecule has 0 fully saturated rings. The van der Waals surface area contributed by atoms with E-state index in [0.717, 1.165) is 0 Å². The molecule has 1 aliphatic carbocycles. The lowest BCUT2D eigenvalue weighted by atomic mass is 9.90. The topological polar surface area (TPSA) is 51.4 Å². The molecular weight excluding hydrogens is 276 g/mol. The summed E-state index contributed by atoms with van der Waals surface area (Å²) in [5.74, 6) is -0.431. The van der Waals surface area contributed by atoms with Crippen LogP contribution in [0, 0.1) is 0 Å². The quantitative estimate of drug-likeness (QED) is 0.498. The Bertz CT molecular complexity index is 911. The zero-order chi connectivity index (χ0) is 13.9. The first-order valence-corrected chi connectivity index (χ1v) is 6.40. The smallest absolute Gasteiger partial charge is 0.214 e. The summed E-state index contributed by atoms with van der Waals surface area (Å²) in [5.41, 5.74) is 1.82. The molecule has 0 spiro atoms. The molecule has 3 aromatic rings. The molecule has 0 unspecified atom stereocenters. The summed E-state index contributed by atoms with van der Waals surface area (Å²) in [6.45, 7) is 0. The molecule has 96 valence electrons. The van der Waals surface area contributed by atoms with E-state index in [9.17, 15) is 9.59 Å². The molecule has 0 saturated heterocycles. The number of carbonyl (C=O) groups is 2. The lowest BCUT2D eigenvalue weighted by molar-refractivity contribution is 0.0973. The Morgan fingerprint density at radius 3 is 2.40 bits per heavy atom. The molecule has 0 saturated carbocycles. The van der Waals surface area contributed by atoms with Gasteiger partial charge in [-0.25, -0.2) is 4.98 Å². The molecule has 0 amide bonds. The van der Waals surface area contributed by atoms with Gasteiger partial charge in [-0.05, 0) is 12.1 Å². The molecule has 2 aromatic heterocycles. The van der Waals surface area contributed by atoms with Gasteiger partial charge in [-0.2, -0.15) is 0 Å². The third-order valence-electron chi connectivity index (χ3n) is 3.43. The fourth-order valence-corrected chi connectivity index (χ4v) is 2.69. The van der Waals surface area contributed by atoms with Crippen molar-refractivity contribution in [1.29, 1.82) is 0 Å². The van der Waals surface area contributed by atoms with Crippen molar-refractivity contribution < 1.29 is 9.59 Å². The molecule has 4 nitrogen and oxygen atoms in total. The van der Waals surface area contributed by atoms with Crippen LogP contribution < -0.4 is 0 Å². The Hall–Kier alpha value is -2.46. The van der Waals surface area contributed by atoms with Crippen molar-refractivity contribution >= 4 is 28.8 Å².